The monoisotopic (exact) mass is 626 g/mol. The second kappa shape index (κ2) is 11.6. The minimum atomic E-state index is 0.228. The van der Waals surface area contributed by atoms with Crippen LogP contribution in [-0.2, 0) is 0 Å². The van der Waals surface area contributed by atoms with Crippen LogP contribution in [0.1, 0.15) is 63.5 Å². The van der Waals surface area contributed by atoms with Crippen LogP contribution in [0.15, 0.2) is 121 Å². The molecule has 0 spiro atoms. The number of nitrogens with zero attached hydrogens (tertiary/aromatic N) is 2. The van der Waals surface area contributed by atoms with Crippen molar-refractivity contribution in [1.82, 2.24) is 0 Å². The van der Waals surface area contributed by atoms with Crippen molar-refractivity contribution < 1.29 is 9.46 Å². The summed E-state index contributed by atoms with van der Waals surface area (Å²) < 4.78 is 2.28. The van der Waals surface area contributed by atoms with E-state index in [1.807, 2.05) is 36.4 Å². The van der Waals surface area contributed by atoms with Crippen molar-refractivity contribution in [3.05, 3.63) is 143 Å². The highest BCUT2D eigenvalue weighted by atomic mass is 16.5. The van der Waals surface area contributed by atoms with Crippen LogP contribution in [-0.4, -0.2) is 0 Å². The fraction of sp³-hybridized carbons (Fsp3) is 0.182. The van der Waals surface area contributed by atoms with E-state index in [1.165, 1.54) is 0 Å². The first kappa shape index (κ1) is 29.9. The summed E-state index contributed by atoms with van der Waals surface area (Å²) in [6.07, 6.45) is 1.87. The van der Waals surface area contributed by atoms with Gasteiger partial charge in [-0.25, -0.2) is 0 Å². The van der Waals surface area contributed by atoms with E-state index in [2.05, 4.69) is 113 Å². The number of fused-ring (bicyclic) bond motifs is 5. The Balaban J connectivity index is 1.58. The third kappa shape index (κ3) is 4.36. The smallest absolute Gasteiger partial charge is 0.228 e. The van der Waals surface area contributed by atoms with E-state index in [1.54, 1.807) is 0 Å². The topological polar surface area (TPSA) is 53.9 Å². The fourth-order valence-electron chi connectivity index (χ4n) is 7.81. The van der Waals surface area contributed by atoms with Crippen LogP contribution in [0.25, 0.3) is 76.6 Å². The maximum Gasteiger partial charge on any atom is 0.228 e. The molecular weight excluding hydrogens is 588 g/mol. The van der Waals surface area contributed by atoms with Crippen molar-refractivity contribution in [1.29, 1.82) is 0 Å². The molecule has 0 radical (unpaired) electrons. The molecule has 8 aromatic rings. The summed E-state index contributed by atoms with van der Waals surface area (Å²) in [5, 5.41) is 34.3. The van der Waals surface area contributed by atoms with Gasteiger partial charge < -0.3 is 10.4 Å². The minimum Gasteiger partial charge on any atom is -0.618 e. The molecule has 0 fully saturated rings. The average Bonchev–Trinajstić information content (AvgIpc) is 3.14. The van der Waals surface area contributed by atoms with Crippen molar-refractivity contribution in [2.24, 2.45) is 0 Å². The second-order valence-electron chi connectivity index (χ2n) is 13.2. The highest BCUT2D eigenvalue weighted by Gasteiger charge is 2.27. The predicted molar refractivity (Wildman–Crippen MR) is 200 cm³/mol. The average molecular weight is 627 g/mol. The Morgan fingerprint density at radius 1 is 0.479 bits per heavy atom. The summed E-state index contributed by atoms with van der Waals surface area (Å²) >= 11 is 0. The number of hydrogen-bond donors (Lipinski definition) is 0. The van der Waals surface area contributed by atoms with Crippen LogP contribution in [0.5, 0.6) is 0 Å². The molecule has 4 nitrogen and oxygen atoms in total. The largest absolute Gasteiger partial charge is 0.618 e. The third-order valence-electron chi connectivity index (χ3n) is 10.6. The Kier molecular flexibility index (Phi) is 7.25. The first-order valence-corrected chi connectivity index (χ1v) is 17.1. The number of benzene rings is 6. The van der Waals surface area contributed by atoms with Gasteiger partial charge >= 0.3 is 0 Å². The molecule has 2 heterocycles. The molecule has 2 aromatic heterocycles. The summed E-state index contributed by atoms with van der Waals surface area (Å²) in [4.78, 5) is 0. The van der Waals surface area contributed by atoms with Gasteiger partial charge in [0.05, 0.1) is 21.5 Å². The van der Waals surface area contributed by atoms with E-state index in [9.17, 15) is 10.4 Å². The van der Waals surface area contributed by atoms with Crippen molar-refractivity contribution >= 4 is 54.4 Å². The molecule has 2 atom stereocenters. The summed E-state index contributed by atoms with van der Waals surface area (Å²) in [6.45, 7) is 8.73. The van der Waals surface area contributed by atoms with E-state index >= 15 is 0 Å². The normalized spacial score (nSPS) is 13.2. The SMILES string of the molecule is CCC(C)c1cccc2c(-c3cccc4cccc(-c5c6ccccc6[n+]([O-])c6c(C(C)CC)cccc56)c34)c3ccccc3[n+]([O-])c12. The van der Waals surface area contributed by atoms with E-state index in [4.69, 9.17) is 0 Å². The second-order valence-corrected chi connectivity index (χ2v) is 13.2. The summed E-state index contributed by atoms with van der Waals surface area (Å²) in [5.74, 6) is 0.457. The molecule has 0 amide bonds. The lowest BCUT2D eigenvalue weighted by molar-refractivity contribution is -0.548. The standard InChI is InChI=1S/C44H38N2O2/c1-5-27(3)30-19-13-23-36-41(32-17-7-9-25-38(32)45(47)43(30)36)34-21-11-15-29-16-12-22-35(40(29)34)42-33-18-8-10-26-39(33)46(48)44-31(28(4)6-2)20-14-24-37(42)44/h7-28H,5-6H2,1-4H3. The summed E-state index contributed by atoms with van der Waals surface area (Å²) in [6, 6.07) is 41.5. The van der Waals surface area contributed by atoms with Gasteiger partial charge in [0, 0.05) is 34.4 Å². The molecule has 8 rings (SSSR count). The Bertz CT molecular complexity index is 2380. The Morgan fingerprint density at radius 3 is 1.31 bits per heavy atom. The highest BCUT2D eigenvalue weighted by Crippen LogP contribution is 2.46. The number of hydrogen-bond acceptors (Lipinski definition) is 2. The fourth-order valence-corrected chi connectivity index (χ4v) is 7.81. The maximum absolute atomic E-state index is 14.2. The van der Waals surface area contributed by atoms with Gasteiger partial charge in [-0.15, -0.1) is 0 Å². The van der Waals surface area contributed by atoms with Gasteiger partial charge in [0.1, 0.15) is 0 Å². The van der Waals surface area contributed by atoms with E-state index < -0.39 is 0 Å². The third-order valence-corrected chi connectivity index (χ3v) is 10.6. The lowest BCUT2D eigenvalue weighted by atomic mass is 9.84. The van der Waals surface area contributed by atoms with Crippen molar-refractivity contribution in [3.8, 4) is 22.3 Å². The Labute approximate surface area is 280 Å². The van der Waals surface area contributed by atoms with Crippen molar-refractivity contribution in [2.45, 2.75) is 52.4 Å². The molecule has 0 N–H and O–H groups in total. The molecule has 0 aliphatic heterocycles. The molecular formula is C44H38N2O2. The van der Waals surface area contributed by atoms with Crippen LogP contribution in [0.4, 0.5) is 0 Å². The van der Waals surface area contributed by atoms with Gasteiger partial charge in [0.2, 0.25) is 22.1 Å². The molecule has 236 valence electrons. The minimum absolute atomic E-state index is 0.228. The Morgan fingerprint density at radius 2 is 0.875 bits per heavy atom. The zero-order chi connectivity index (χ0) is 33.1. The number of para-hydroxylation sites is 4. The summed E-state index contributed by atoms with van der Waals surface area (Å²) in [5.41, 5.74) is 9.16. The van der Waals surface area contributed by atoms with Crippen LogP contribution in [0.2, 0.25) is 0 Å². The molecule has 0 bridgehead atoms. The van der Waals surface area contributed by atoms with Crippen LogP contribution in [0.3, 0.4) is 0 Å². The van der Waals surface area contributed by atoms with Gasteiger partial charge in [0.25, 0.3) is 0 Å². The van der Waals surface area contributed by atoms with Gasteiger partial charge in [-0.1, -0.05) is 113 Å². The van der Waals surface area contributed by atoms with Crippen LogP contribution >= 0.6 is 0 Å². The van der Waals surface area contributed by atoms with Gasteiger partial charge in [-0.05, 0) is 70.8 Å². The van der Waals surface area contributed by atoms with Gasteiger partial charge in [0.15, 0.2) is 0 Å². The molecule has 0 saturated heterocycles. The molecule has 48 heavy (non-hydrogen) atoms. The van der Waals surface area contributed by atoms with Gasteiger partial charge in [-0.3, -0.25) is 0 Å². The van der Waals surface area contributed by atoms with E-state index in [0.717, 1.165) is 99.0 Å². The number of aromatic nitrogens is 2. The highest BCUT2D eigenvalue weighted by molar-refractivity contribution is 6.20. The van der Waals surface area contributed by atoms with Crippen molar-refractivity contribution in [3.63, 3.8) is 0 Å². The number of rotatable bonds is 6. The van der Waals surface area contributed by atoms with Gasteiger partial charge in [-0.2, -0.15) is 9.46 Å². The molecule has 4 heteroatoms. The predicted octanol–water partition coefficient (Wildman–Crippen LogP) is 11.1. The van der Waals surface area contributed by atoms with E-state index in [-0.39, 0.29) is 11.8 Å². The zero-order valence-electron chi connectivity index (χ0n) is 27.8. The summed E-state index contributed by atoms with van der Waals surface area (Å²) in [7, 11) is 0. The molecule has 0 saturated carbocycles. The lowest BCUT2D eigenvalue weighted by Crippen LogP contribution is -2.30. The number of pyridine rings is 2. The first-order valence-electron chi connectivity index (χ1n) is 17.1. The van der Waals surface area contributed by atoms with Crippen molar-refractivity contribution in [2.75, 3.05) is 0 Å². The van der Waals surface area contributed by atoms with E-state index in [0.29, 0.717) is 11.0 Å². The van der Waals surface area contributed by atoms with Crippen LogP contribution in [0, 0.1) is 10.4 Å². The molecule has 0 aliphatic carbocycles. The first-order chi connectivity index (χ1) is 23.4. The lowest BCUT2D eigenvalue weighted by Gasteiger charge is -2.20. The molecule has 0 aliphatic rings. The molecule has 6 aromatic carbocycles. The Hall–Kier alpha value is -5.48. The molecule has 2 unspecified atom stereocenters. The zero-order valence-corrected chi connectivity index (χ0v) is 27.8. The quantitative estimate of drug-likeness (QED) is 0.105. The van der Waals surface area contributed by atoms with Crippen LogP contribution < -0.4 is 9.46 Å². The maximum atomic E-state index is 14.2.